The number of rotatable bonds is 1. The van der Waals surface area contributed by atoms with E-state index in [1.807, 2.05) is 42.5 Å². The Labute approximate surface area is 117 Å². The third kappa shape index (κ3) is 2.23. The molecule has 0 unspecified atom stereocenters. The predicted molar refractivity (Wildman–Crippen MR) is 78.5 cm³/mol. The molecule has 0 bridgehead atoms. The van der Waals surface area contributed by atoms with E-state index < -0.39 is 5.97 Å². The van der Waals surface area contributed by atoms with Gasteiger partial charge in [-0.1, -0.05) is 42.5 Å². The number of fused-ring (bicyclic) bond motifs is 2. The summed E-state index contributed by atoms with van der Waals surface area (Å²) >= 11 is 0. The van der Waals surface area contributed by atoms with Crippen LogP contribution in [0.3, 0.4) is 0 Å². The van der Waals surface area contributed by atoms with Crippen molar-refractivity contribution in [2.24, 2.45) is 4.99 Å². The number of aryl methyl sites for hydroxylation is 2. The second-order valence-corrected chi connectivity index (χ2v) is 4.74. The van der Waals surface area contributed by atoms with Gasteiger partial charge in [0.25, 0.3) is 0 Å². The normalized spacial score (nSPS) is 13.3. The Bertz CT molecular complexity index is 689. The Hall–Kier alpha value is -2.42. The lowest BCUT2D eigenvalue weighted by Crippen LogP contribution is -2.20. The maximum atomic E-state index is 12.1. The number of hydrogen-bond donors (Lipinski definition) is 0. The summed E-state index contributed by atoms with van der Waals surface area (Å²) in [7, 11) is 1.39. The van der Waals surface area contributed by atoms with Gasteiger partial charge in [0.15, 0.2) is 5.71 Å². The van der Waals surface area contributed by atoms with E-state index in [9.17, 15) is 4.79 Å². The molecule has 0 spiro atoms. The van der Waals surface area contributed by atoms with Crippen LogP contribution in [-0.2, 0) is 22.4 Å². The van der Waals surface area contributed by atoms with Gasteiger partial charge in [-0.3, -0.25) is 0 Å². The first-order valence-electron chi connectivity index (χ1n) is 6.63. The SMILES string of the molecule is COC(=O)C1=Nc2ccccc2CCc2ccccc21. The molecule has 0 radical (unpaired) electrons. The lowest BCUT2D eigenvalue weighted by Gasteiger charge is -2.15. The molecule has 1 aliphatic rings. The van der Waals surface area contributed by atoms with Gasteiger partial charge in [0, 0.05) is 5.56 Å². The molecule has 0 aliphatic carbocycles. The van der Waals surface area contributed by atoms with E-state index in [0.29, 0.717) is 5.71 Å². The summed E-state index contributed by atoms with van der Waals surface area (Å²) in [6, 6.07) is 15.8. The fraction of sp³-hybridized carbons (Fsp3) is 0.176. The zero-order valence-electron chi connectivity index (χ0n) is 11.3. The number of para-hydroxylation sites is 1. The average Bonchev–Trinajstić information content (AvgIpc) is 2.49. The number of ether oxygens (including phenoxy) is 1. The highest BCUT2D eigenvalue weighted by Crippen LogP contribution is 2.26. The van der Waals surface area contributed by atoms with Crippen molar-refractivity contribution in [3.63, 3.8) is 0 Å². The number of aliphatic imine (C=N–C) groups is 1. The summed E-state index contributed by atoms with van der Waals surface area (Å²) in [5.74, 6) is -0.394. The third-order valence-corrected chi connectivity index (χ3v) is 3.54. The minimum absolute atomic E-state index is 0.384. The van der Waals surface area contributed by atoms with E-state index in [1.165, 1.54) is 7.11 Å². The molecule has 3 nitrogen and oxygen atoms in total. The Morgan fingerprint density at radius 3 is 2.45 bits per heavy atom. The van der Waals surface area contributed by atoms with Gasteiger partial charge >= 0.3 is 5.97 Å². The molecule has 0 atom stereocenters. The average molecular weight is 265 g/mol. The number of nitrogens with zero attached hydrogens (tertiary/aromatic N) is 1. The van der Waals surface area contributed by atoms with E-state index in [0.717, 1.165) is 35.2 Å². The Morgan fingerprint density at radius 2 is 1.65 bits per heavy atom. The summed E-state index contributed by atoms with van der Waals surface area (Å²) in [5.41, 5.74) is 4.39. The Balaban J connectivity index is 2.23. The number of esters is 1. The molecule has 1 heterocycles. The molecule has 3 heteroatoms. The maximum absolute atomic E-state index is 12.1. The summed E-state index contributed by atoms with van der Waals surface area (Å²) in [6.45, 7) is 0. The quantitative estimate of drug-likeness (QED) is 0.743. The van der Waals surface area contributed by atoms with E-state index in [-0.39, 0.29) is 0 Å². The standard InChI is InChI=1S/C17H15NO2/c1-20-17(19)16-14-8-4-2-6-12(14)10-11-13-7-3-5-9-15(13)18-16/h2-9H,10-11H2,1H3. The molecule has 0 N–H and O–H groups in total. The van der Waals surface area contributed by atoms with Gasteiger partial charge in [-0.05, 0) is 30.0 Å². The zero-order valence-corrected chi connectivity index (χ0v) is 11.3. The molecule has 20 heavy (non-hydrogen) atoms. The minimum atomic E-state index is -0.394. The molecule has 1 aliphatic heterocycles. The second kappa shape index (κ2) is 5.29. The van der Waals surface area contributed by atoms with Crippen molar-refractivity contribution in [2.45, 2.75) is 12.8 Å². The van der Waals surface area contributed by atoms with Crippen LogP contribution >= 0.6 is 0 Å². The van der Waals surface area contributed by atoms with Crippen molar-refractivity contribution >= 4 is 17.4 Å². The van der Waals surface area contributed by atoms with Crippen molar-refractivity contribution in [3.05, 3.63) is 65.2 Å². The van der Waals surface area contributed by atoms with E-state index in [1.54, 1.807) is 0 Å². The van der Waals surface area contributed by atoms with Crippen LogP contribution in [0.5, 0.6) is 0 Å². The van der Waals surface area contributed by atoms with Crippen molar-refractivity contribution in [1.29, 1.82) is 0 Å². The monoisotopic (exact) mass is 265 g/mol. The minimum Gasteiger partial charge on any atom is -0.464 e. The summed E-state index contributed by atoms with van der Waals surface area (Å²) < 4.78 is 4.89. The molecule has 2 aromatic carbocycles. The summed E-state index contributed by atoms with van der Waals surface area (Å²) in [6.07, 6.45) is 1.81. The molecule has 2 aromatic rings. The lowest BCUT2D eigenvalue weighted by atomic mass is 9.94. The number of carbonyl (C=O) groups excluding carboxylic acids is 1. The van der Waals surface area contributed by atoms with Crippen LogP contribution in [0.25, 0.3) is 0 Å². The first kappa shape index (κ1) is 12.6. The Kier molecular flexibility index (Phi) is 3.33. The van der Waals surface area contributed by atoms with Crippen molar-refractivity contribution in [3.8, 4) is 0 Å². The summed E-state index contributed by atoms with van der Waals surface area (Å²) in [4.78, 5) is 16.6. The van der Waals surface area contributed by atoms with E-state index in [4.69, 9.17) is 4.74 Å². The van der Waals surface area contributed by atoms with Gasteiger partial charge in [0.1, 0.15) is 0 Å². The largest absolute Gasteiger partial charge is 0.464 e. The van der Waals surface area contributed by atoms with Gasteiger partial charge in [-0.25, -0.2) is 9.79 Å². The second-order valence-electron chi connectivity index (χ2n) is 4.74. The molecule has 0 fully saturated rings. The fourth-order valence-corrected chi connectivity index (χ4v) is 2.50. The lowest BCUT2D eigenvalue weighted by molar-refractivity contribution is -0.132. The fourth-order valence-electron chi connectivity index (χ4n) is 2.50. The topological polar surface area (TPSA) is 38.7 Å². The van der Waals surface area contributed by atoms with Crippen molar-refractivity contribution in [1.82, 2.24) is 0 Å². The van der Waals surface area contributed by atoms with Crippen LogP contribution in [-0.4, -0.2) is 18.8 Å². The predicted octanol–water partition coefficient (Wildman–Crippen LogP) is 3.08. The molecule has 3 rings (SSSR count). The Morgan fingerprint density at radius 1 is 1.00 bits per heavy atom. The third-order valence-electron chi connectivity index (χ3n) is 3.54. The molecule has 0 saturated heterocycles. The van der Waals surface area contributed by atoms with Crippen molar-refractivity contribution < 1.29 is 9.53 Å². The molecule has 0 amide bonds. The van der Waals surface area contributed by atoms with Crippen LogP contribution in [0.2, 0.25) is 0 Å². The first-order valence-corrected chi connectivity index (χ1v) is 6.63. The van der Waals surface area contributed by atoms with Gasteiger partial charge in [-0.15, -0.1) is 0 Å². The first-order chi connectivity index (χ1) is 9.79. The van der Waals surface area contributed by atoms with E-state index in [2.05, 4.69) is 11.1 Å². The van der Waals surface area contributed by atoms with Gasteiger partial charge in [-0.2, -0.15) is 0 Å². The molecular weight excluding hydrogens is 250 g/mol. The van der Waals surface area contributed by atoms with Crippen LogP contribution in [0.1, 0.15) is 16.7 Å². The van der Waals surface area contributed by atoms with Gasteiger partial charge in [0.05, 0.1) is 12.8 Å². The van der Waals surface area contributed by atoms with Gasteiger partial charge in [0.2, 0.25) is 0 Å². The molecule has 0 saturated carbocycles. The highest BCUT2D eigenvalue weighted by Gasteiger charge is 2.20. The van der Waals surface area contributed by atoms with Crippen molar-refractivity contribution in [2.75, 3.05) is 7.11 Å². The summed E-state index contributed by atoms with van der Waals surface area (Å²) in [5, 5.41) is 0. The molecule has 0 aromatic heterocycles. The number of hydrogen-bond acceptors (Lipinski definition) is 3. The molecule has 100 valence electrons. The van der Waals surface area contributed by atoms with Gasteiger partial charge < -0.3 is 4.74 Å². The van der Waals surface area contributed by atoms with Crippen LogP contribution in [0.4, 0.5) is 5.69 Å². The highest BCUT2D eigenvalue weighted by atomic mass is 16.5. The number of carbonyl (C=O) groups is 1. The zero-order chi connectivity index (χ0) is 13.9. The van der Waals surface area contributed by atoms with E-state index >= 15 is 0 Å². The van der Waals surface area contributed by atoms with Crippen LogP contribution < -0.4 is 0 Å². The maximum Gasteiger partial charge on any atom is 0.357 e. The number of benzene rings is 2. The van der Waals surface area contributed by atoms with Crippen LogP contribution in [0, 0.1) is 0 Å². The van der Waals surface area contributed by atoms with Crippen LogP contribution in [0.15, 0.2) is 53.5 Å². The highest BCUT2D eigenvalue weighted by molar-refractivity contribution is 6.44. The number of methoxy groups -OCH3 is 1. The smallest absolute Gasteiger partial charge is 0.357 e. The molecular formula is C17H15NO2.